The maximum absolute atomic E-state index is 13.2. The fraction of sp³-hybridized carbons (Fsp3) is 0.562. The highest BCUT2D eigenvalue weighted by Crippen LogP contribution is 2.26. The molecule has 43 heavy (non-hydrogen) atoms. The van der Waals surface area contributed by atoms with Crippen LogP contribution in [-0.4, -0.2) is 61.7 Å². The number of rotatable bonds is 23. The summed E-state index contributed by atoms with van der Waals surface area (Å²) in [6, 6.07) is 6.40. The summed E-state index contributed by atoms with van der Waals surface area (Å²) in [5.41, 5.74) is -2.20. The lowest BCUT2D eigenvalue weighted by molar-refractivity contribution is -0.172. The molecule has 0 aliphatic heterocycles. The number of amides is 1. The van der Waals surface area contributed by atoms with E-state index >= 15 is 0 Å². The largest absolute Gasteiger partial charge is 0.481 e. The molecule has 0 unspecified atom stereocenters. The summed E-state index contributed by atoms with van der Waals surface area (Å²) in [6.45, 7) is 2.14. The number of aliphatic hydroxyl groups is 1. The molecule has 0 aromatic heterocycles. The molecule has 0 saturated carbocycles. The van der Waals surface area contributed by atoms with Gasteiger partial charge in [-0.3, -0.25) is 14.4 Å². The SMILES string of the molecule is CCCCCCCC(=O)CCCCCCC=C[C@H](C(=O)N[C@@H](Cc1ccc(C#N)cc1)C(=O)O)[C@@](O)(CC(=O)O)C(=O)O. The van der Waals surface area contributed by atoms with Gasteiger partial charge in [0.2, 0.25) is 5.91 Å². The Morgan fingerprint density at radius 1 is 0.907 bits per heavy atom. The number of benzene rings is 1. The minimum atomic E-state index is -3.03. The average molecular weight is 601 g/mol. The van der Waals surface area contributed by atoms with Gasteiger partial charge in [-0.1, -0.05) is 69.7 Å². The maximum atomic E-state index is 13.2. The number of carboxylic acid groups (broad SMARTS) is 3. The van der Waals surface area contributed by atoms with Gasteiger partial charge in [-0.25, -0.2) is 9.59 Å². The zero-order chi connectivity index (χ0) is 32.3. The fourth-order valence-corrected chi connectivity index (χ4v) is 4.65. The van der Waals surface area contributed by atoms with Crippen LogP contribution in [0.1, 0.15) is 102 Å². The molecule has 0 aliphatic rings. The van der Waals surface area contributed by atoms with Crippen molar-refractivity contribution in [2.45, 2.75) is 108 Å². The van der Waals surface area contributed by atoms with Gasteiger partial charge in [0.05, 0.1) is 24.0 Å². The van der Waals surface area contributed by atoms with E-state index < -0.39 is 47.8 Å². The van der Waals surface area contributed by atoms with Crippen LogP contribution >= 0.6 is 0 Å². The topological polar surface area (TPSA) is 202 Å². The third-order valence-electron chi connectivity index (χ3n) is 7.19. The van der Waals surface area contributed by atoms with Crippen LogP contribution < -0.4 is 5.32 Å². The summed E-state index contributed by atoms with van der Waals surface area (Å²) >= 11 is 0. The Balaban J connectivity index is 2.80. The summed E-state index contributed by atoms with van der Waals surface area (Å²) in [5, 5.41) is 50.5. The van der Waals surface area contributed by atoms with E-state index in [4.69, 9.17) is 5.26 Å². The van der Waals surface area contributed by atoms with Crippen LogP contribution in [0.2, 0.25) is 0 Å². The molecular weight excluding hydrogens is 556 g/mol. The van der Waals surface area contributed by atoms with Crippen molar-refractivity contribution >= 4 is 29.6 Å². The number of nitrogens with zero attached hydrogens (tertiary/aromatic N) is 1. The van der Waals surface area contributed by atoms with Crippen molar-refractivity contribution in [2.24, 2.45) is 5.92 Å². The predicted octanol–water partition coefficient (Wildman–Crippen LogP) is 4.40. The molecule has 1 aromatic carbocycles. The second kappa shape index (κ2) is 20.0. The van der Waals surface area contributed by atoms with Crippen molar-refractivity contribution in [2.75, 3.05) is 0 Å². The van der Waals surface area contributed by atoms with Crippen LogP contribution in [0.15, 0.2) is 36.4 Å². The molecule has 0 aliphatic carbocycles. The Morgan fingerprint density at radius 2 is 1.49 bits per heavy atom. The first kappa shape index (κ1) is 37.0. The van der Waals surface area contributed by atoms with Crippen molar-refractivity contribution in [3.05, 3.63) is 47.5 Å². The standard InChI is InChI=1S/C32H44N2O9/c1-2-3-4-7-10-13-25(35)14-11-8-5-6-9-12-15-26(32(43,31(41)42)21-28(36)37)29(38)34-27(30(39)40)20-23-16-18-24(22-33)19-17-23/h12,15-19,26-27,43H,2-11,13-14,20-21H2,1H3,(H,34,38)(H,36,37)(H,39,40)(H,41,42)/t26-,27+,32+/m1/s1. The van der Waals surface area contributed by atoms with E-state index in [1.807, 2.05) is 6.07 Å². The van der Waals surface area contributed by atoms with Crippen molar-refractivity contribution in [3.63, 3.8) is 0 Å². The van der Waals surface area contributed by atoms with Crippen LogP contribution in [0.3, 0.4) is 0 Å². The number of carboxylic acids is 3. The highest BCUT2D eigenvalue weighted by molar-refractivity contribution is 5.94. The first-order chi connectivity index (χ1) is 20.4. The van der Waals surface area contributed by atoms with E-state index in [0.29, 0.717) is 36.8 Å². The highest BCUT2D eigenvalue weighted by Gasteiger charge is 2.49. The number of unbranched alkanes of at least 4 members (excludes halogenated alkanes) is 8. The monoisotopic (exact) mass is 600 g/mol. The third kappa shape index (κ3) is 14.1. The number of aliphatic carboxylic acids is 3. The summed E-state index contributed by atoms with van der Waals surface area (Å²) in [6.07, 6.45) is 11.1. The van der Waals surface area contributed by atoms with Gasteiger partial charge in [0.25, 0.3) is 0 Å². The Bertz CT molecular complexity index is 1140. The lowest BCUT2D eigenvalue weighted by Gasteiger charge is -2.29. The first-order valence-electron chi connectivity index (χ1n) is 14.8. The van der Waals surface area contributed by atoms with Crippen LogP contribution in [0.25, 0.3) is 0 Å². The Kier molecular flexibility index (Phi) is 17.2. The quantitative estimate of drug-likeness (QED) is 0.0884. The summed E-state index contributed by atoms with van der Waals surface area (Å²) in [4.78, 5) is 60.4. The first-order valence-corrected chi connectivity index (χ1v) is 14.8. The van der Waals surface area contributed by atoms with Gasteiger partial charge in [0.15, 0.2) is 5.60 Å². The van der Waals surface area contributed by atoms with Gasteiger partial charge in [-0.05, 0) is 43.4 Å². The molecule has 0 spiro atoms. The summed E-state index contributed by atoms with van der Waals surface area (Å²) < 4.78 is 0. The van der Waals surface area contributed by atoms with Gasteiger partial charge in [-0.2, -0.15) is 5.26 Å². The molecule has 0 heterocycles. The van der Waals surface area contributed by atoms with Gasteiger partial charge in [0, 0.05) is 19.3 Å². The van der Waals surface area contributed by atoms with E-state index in [-0.39, 0.29) is 12.2 Å². The van der Waals surface area contributed by atoms with E-state index in [1.165, 1.54) is 36.8 Å². The fourth-order valence-electron chi connectivity index (χ4n) is 4.65. The highest BCUT2D eigenvalue weighted by atomic mass is 16.4. The number of carbonyl (C=O) groups is 5. The van der Waals surface area contributed by atoms with Crippen LogP contribution in [0.5, 0.6) is 0 Å². The Hall–Kier alpha value is -4.04. The van der Waals surface area contributed by atoms with Crippen molar-refractivity contribution in [1.82, 2.24) is 5.32 Å². The molecule has 0 saturated heterocycles. The van der Waals surface area contributed by atoms with Gasteiger partial charge < -0.3 is 25.7 Å². The van der Waals surface area contributed by atoms with Crippen molar-refractivity contribution in [1.29, 1.82) is 5.26 Å². The zero-order valence-electron chi connectivity index (χ0n) is 24.8. The molecule has 11 heteroatoms. The lowest BCUT2D eigenvalue weighted by Crippen LogP contribution is -2.55. The number of nitriles is 1. The van der Waals surface area contributed by atoms with E-state index in [1.54, 1.807) is 0 Å². The normalized spacial score (nSPS) is 13.9. The third-order valence-corrected chi connectivity index (χ3v) is 7.19. The molecule has 0 radical (unpaired) electrons. The maximum Gasteiger partial charge on any atom is 0.337 e. The number of ketones is 1. The van der Waals surface area contributed by atoms with E-state index in [0.717, 1.165) is 51.0 Å². The Labute approximate surface area is 252 Å². The lowest BCUT2D eigenvalue weighted by atomic mass is 9.82. The second-order valence-corrected chi connectivity index (χ2v) is 10.8. The number of nitrogens with one attached hydrogen (secondary N) is 1. The van der Waals surface area contributed by atoms with E-state index in [9.17, 15) is 44.4 Å². The van der Waals surface area contributed by atoms with Crippen molar-refractivity contribution in [3.8, 4) is 6.07 Å². The molecule has 1 amide bonds. The molecule has 1 aromatic rings. The molecule has 0 fully saturated rings. The minimum absolute atomic E-state index is 0.199. The van der Waals surface area contributed by atoms with Crippen LogP contribution in [-0.2, 0) is 30.4 Å². The van der Waals surface area contributed by atoms with E-state index in [2.05, 4.69) is 12.2 Å². The zero-order valence-corrected chi connectivity index (χ0v) is 24.8. The van der Waals surface area contributed by atoms with Gasteiger partial charge >= 0.3 is 17.9 Å². The minimum Gasteiger partial charge on any atom is -0.481 e. The number of allylic oxidation sites excluding steroid dienone is 1. The van der Waals surface area contributed by atoms with Crippen LogP contribution in [0.4, 0.5) is 0 Å². The summed E-state index contributed by atoms with van der Waals surface area (Å²) in [7, 11) is 0. The number of hydrogen-bond donors (Lipinski definition) is 5. The summed E-state index contributed by atoms with van der Waals surface area (Å²) in [5.74, 6) is -7.80. The molecule has 0 bridgehead atoms. The molecule has 3 atom stereocenters. The number of carbonyl (C=O) groups excluding carboxylic acids is 2. The van der Waals surface area contributed by atoms with Crippen molar-refractivity contribution < 1.29 is 44.4 Å². The van der Waals surface area contributed by atoms with Crippen LogP contribution in [0, 0.1) is 17.2 Å². The van der Waals surface area contributed by atoms with Gasteiger partial charge in [-0.15, -0.1) is 0 Å². The molecular formula is C32H44N2O9. The molecule has 236 valence electrons. The second-order valence-electron chi connectivity index (χ2n) is 10.8. The molecule has 5 N–H and O–H groups in total. The Morgan fingerprint density at radius 3 is 2.00 bits per heavy atom. The van der Waals surface area contributed by atoms with Gasteiger partial charge in [0.1, 0.15) is 11.8 Å². The number of hydrogen-bond acceptors (Lipinski definition) is 7. The smallest absolute Gasteiger partial charge is 0.337 e. The predicted molar refractivity (Wildman–Crippen MR) is 158 cm³/mol. The molecule has 11 nitrogen and oxygen atoms in total. The number of Topliss-reactive ketones (excluding diaryl/α,β-unsaturated/α-hetero) is 1. The average Bonchev–Trinajstić information content (AvgIpc) is 2.95. The molecule has 1 rings (SSSR count).